The minimum Gasteiger partial charge on any atom is -0.330 e. The van der Waals surface area contributed by atoms with Crippen LogP contribution in [0.4, 0.5) is 14.5 Å². The Morgan fingerprint density at radius 3 is 2.39 bits per heavy atom. The summed E-state index contributed by atoms with van der Waals surface area (Å²) in [6.07, 6.45) is 0.717. The van der Waals surface area contributed by atoms with Gasteiger partial charge in [0.1, 0.15) is 23.7 Å². The molecule has 0 spiro atoms. The second-order valence-corrected chi connectivity index (χ2v) is 7.20. The number of anilines is 1. The molecule has 8 heteroatoms. The number of halogens is 2. The first-order chi connectivity index (χ1) is 15.0. The zero-order valence-corrected chi connectivity index (χ0v) is 16.7. The summed E-state index contributed by atoms with van der Waals surface area (Å²) < 4.78 is 29.0. The molecule has 4 aromatic rings. The molecule has 0 aliphatic heterocycles. The molecule has 2 N–H and O–H groups in total. The predicted octanol–water partition coefficient (Wildman–Crippen LogP) is 3.44. The molecule has 158 valence electrons. The molecule has 0 aliphatic carbocycles. The van der Waals surface area contributed by atoms with Gasteiger partial charge in [0.2, 0.25) is 5.91 Å². The number of hydrogen-bond donors (Lipinski definition) is 1. The van der Waals surface area contributed by atoms with E-state index in [-0.39, 0.29) is 19.0 Å². The van der Waals surface area contributed by atoms with Crippen molar-refractivity contribution in [2.75, 3.05) is 11.4 Å². The van der Waals surface area contributed by atoms with E-state index in [1.807, 2.05) is 36.4 Å². The smallest absolute Gasteiger partial charge is 0.249 e. The number of nitrogens with zero attached hydrogens (tertiary/aromatic N) is 4. The highest BCUT2D eigenvalue weighted by molar-refractivity contribution is 5.93. The van der Waals surface area contributed by atoms with Crippen molar-refractivity contribution in [1.82, 2.24) is 15.0 Å². The fraction of sp³-hybridized carbons (Fsp3) is 0.174. The van der Waals surface area contributed by atoms with Crippen molar-refractivity contribution < 1.29 is 13.6 Å². The van der Waals surface area contributed by atoms with Crippen molar-refractivity contribution in [3.63, 3.8) is 0 Å². The van der Waals surface area contributed by atoms with Gasteiger partial charge in [-0.05, 0) is 60.5 Å². The fourth-order valence-electron chi connectivity index (χ4n) is 3.47. The van der Waals surface area contributed by atoms with Crippen LogP contribution < -0.4 is 10.6 Å². The maximum atomic E-state index is 13.7. The van der Waals surface area contributed by atoms with E-state index in [1.165, 1.54) is 21.7 Å². The molecular weight excluding hydrogens is 400 g/mol. The summed E-state index contributed by atoms with van der Waals surface area (Å²) in [4.78, 5) is 14.8. The van der Waals surface area contributed by atoms with E-state index >= 15 is 0 Å². The highest BCUT2D eigenvalue weighted by atomic mass is 19.1. The van der Waals surface area contributed by atoms with E-state index in [0.717, 1.165) is 17.1 Å². The molecule has 0 bridgehead atoms. The largest absolute Gasteiger partial charge is 0.330 e. The third kappa shape index (κ3) is 4.75. The third-order valence-corrected chi connectivity index (χ3v) is 4.95. The number of carbonyl (C=O) groups is 1. The summed E-state index contributed by atoms with van der Waals surface area (Å²) in [5.74, 6) is -1.67. The van der Waals surface area contributed by atoms with Gasteiger partial charge in [-0.1, -0.05) is 29.5 Å². The summed E-state index contributed by atoms with van der Waals surface area (Å²) in [7, 11) is 0. The molecule has 0 unspecified atom stereocenters. The molecule has 31 heavy (non-hydrogen) atoms. The van der Waals surface area contributed by atoms with Crippen molar-refractivity contribution in [2.24, 2.45) is 5.73 Å². The average Bonchev–Trinajstić information content (AvgIpc) is 3.15. The molecule has 0 radical (unpaired) electrons. The van der Waals surface area contributed by atoms with Gasteiger partial charge in [0, 0.05) is 11.8 Å². The Morgan fingerprint density at radius 2 is 1.68 bits per heavy atom. The van der Waals surface area contributed by atoms with Gasteiger partial charge >= 0.3 is 0 Å². The number of aromatic nitrogens is 3. The molecule has 0 aliphatic rings. The lowest BCUT2D eigenvalue weighted by atomic mass is 10.1. The summed E-state index contributed by atoms with van der Waals surface area (Å²) in [6, 6.07) is 18.0. The maximum Gasteiger partial charge on any atom is 0.249 e. The first-order valence-electron chi connectivity index (χ1n) is 9.86. The molecule has 1 heterocycles. The zero-order valence-electron chi connectivity index (χ0n) is 16.7. The van der Waals surface area contributed by atoms with Crippen molar-refractivity contribution in [3.05, 3.63) is 89.5 Å². The SMILES string of the molecule is NCCc1ccc(N(Cc2cc(F)cc(F)c2)C(=O)Cn2nnc3ccccc32)cc1. The maximum absolute atomic E-state index is 13.7. The quantitative estimate of drug-likeness (QED) is 0.496. The van der Waals surface area contributed by atoms with Crippen LogP contribution >= 0.6 is 0 Å². The Balaban J connectivity index is 1.65. The Hall–Kier alpha value is -3.65. The molecule has 0 atom stereocenters. The van der Waals surface area contributed by atoms with Crippen LogP contribution in [-0.2, 0) is 24.3 Å². The number of carbonyl (C=O) groups excluding carboxylic acids is 1. The van der Waals surface area contributed by atoms with Gasteiger partial charge in [0.05, 0.1) is 12.1 Å². The number of para-hydroxylation sites is 1. The van der Waals surface area contributed by atoms with Crippen molar-refractivity contribution in [1.29, 1.82) is 0 Å². The zero-order chi connectivity index (χ0) is 21.8. The predicted molar refractivity (Wildman–Crippen MR) is 114 cm³/mol. The Labute approximate surface area is 177 Å². The van der Waals surface area contributed by atoms with Crippen LogP contribution in [0.25, 0.3) is 11.0 Å². The molecule has 1 aromatic heterocycles. The second kappa shape index (κ2) is 9.01. The molecule has 6 nitrogen and oxygen atoms in total. The lowest BCUT2D eigenvalue weighted by Crippen LogP contribution is -2.33. The highest BCUT2D eigenvalue weighted by Gasteiger charge is 2.19. The summed E-state index contributed by atoms with van der Waals surface area (Å²) >= 11 is 0. The van der Waals surface area contributed by atoms with E-state index in [4.69, 9.17) is 5.73 Å². The van der Waals surface area contributed by atoms with Gasteiger partial charge in [-0.3, -0.25) is 4.79 Å². The summed E-state index contributed by atoms with van der Waals surface area (Å²) in [6.45, 7) is 0.461. The Bertz CT molecular complexity index is 1190. The average molecular weight is 421 g/mol. The Kier molecular flexibility index (Phi) is 5.99. The van der Waals surface area contributed by atoms with E-state index in [2.05, 4.69) is 10.3 Å². The molecule has 0 saturated heterocycles. The van der Waals surface area contributed by atoms with E-state index in [9.17, 15) is 13.6 Å². The fourth-order valence-corrected chi connectivity index (χ4v) is 3.47. The molecule has 4 rings (SSSR count). The minimum absolute atomic E-state index is 0.0103. The van der Waals surface area contributed by atoms with Gasteiger partial charge in [-0.2, -0.15) is 0 Å². The monoisotopic (exact) mass is 421 g/mol. The normalized spacial score (nSPS) is 11.1. The standard InChI is InChI=1S/C23H21F2N5O/c24-18-11-17(12-19(25)13-18)14-29(20-7-5-16(6-8-20)9-10-26)23(31)15-30-22-4-2-1-3-21(22)27-28-30/h1-8,11-13H,9-10,14-15,26H2. The van der Waals surface area contributed by atoms with Crippen LogP contribution in [-0.4, -0.2) is 27.4 Å². The second-order valence-electron chi connectivity index (χ2n) is 7.20. The van der Waals surface area contributed by atoms with E-state index in [1.54, 1.807) is 12.1 Å². The molecule has 1 amide bonds. The minimum atomic E-state index is -0.692. The lowest BCUT2D eigenvalue weighted by molar-refractivity contribution is -0.119. The number of nitrogens with two attached hydrogens (primary N) is 1. The van der Waals surface area contributed by atoms with Crippen molar-refractivity contribution in [3.8, 4) is 0 Å². The molecule has 0 saturated carbocycles. The number of hydrogen-bond acceptors (Lipinski definition) is 4. The van der Waals surface area contributed by atoms with Crippen LogP contribution in [0.2, 0.25) is 0 Å². The van der Waals surface area contributed by atoms with Gasteiger partial charge in [0.15, 0.2) is 0 Å². The lowest BCUT2D eigenvalue weighted by Gasteiger charge is -2.23. The molecule has 0 fully saturated rings. The number of rotatable bonds is 7. The first-order valence-corrected chi connectivity index (χ1v) is 9.86. The van der Waals surface area contributed by atoms with Crippen LogP contribution in [0, 0.1) is 11.6 Å². The van der Waals surface area contributed by atoms with Gasteiger partial charge in [-0.15, -0.1) is 5.10 Å². The topological polar surface area (TPSA) is 77.0 Å². The van der Waals surface area contributed by atoms with E-state index < -0.39 is 11.6 Å². The number of fused-ring (bicyclic) bond motifs is 1. The molecular formula is C23H21F2N5O. The number of amides is 1. The Morgan fingerprint density at radius 1 is 0.968 bits per heavy atom. The third-order valence-electron chi connectivity index (χ3n) is 4.95. The highest BCUT2D eigenvalue weighted by Crippen LogP contribution is 2.21. The number of benzene rings is 3. The van der Waals surface area contributed by atoms with Crippen molar-refractivity contribution in [2.45, 2.75) is 19.5 Å². The van der Waals surface area contributed by atoms with Crippen molar-refractivity contribution >= 4 is 22.6 Å². The van der Waals surface area contributed by atoms with Crippen LogP contribution in [0.5, 0.6) is 0 Å². The molecule has 3 aromatic carbocycles. The van der Waals surface area contributed by atoms with Crippen LogP contribution in [0.3, 0.4) is 0 Å². The summed E-state index contributed by atoms with van der Waals surface area (Å²) in [5.41, 5.74) is 9.01. The van der Waals surface area contributed by atoms with Gasteiger partial charge < -0.3 is 10.6 Å². The van der Waals surface area contributed by atoms with Gasteiger partial charge in [-0.25, -0.2) is 13.5 Å². The van der Waals surface area contributed by atoms with Crippen LogP contribution in [0.1, 0.15) is 11.1 Å². The summed E-state index contributed by atoms with van der Waals surface area (Å²) in [5, 5.41) is 8.14. The van der Waals surface area contributed by atoms with E-state index in [0.29, 0.717) is 29.7 Å². The van der Waals surface area contributed by atoms with Gasteiger partial charge in [0.25, 0.3) is 0 Å². The first kappa shape index (κ1) is 20.6. The van der Waals surface area contributed by atoms with Crippen LogP contribution in [0.15, 0.2) is 66.7 Å².